The molecule has 1 aromatic heterocycles. The second-order valence-electron chi connectivity index (χ2n) is 8.01. The van der Waals surface area contributed by atoms with E-state index >= 15 is 0 Å². The van der Waals surface area contributed by atoms with Crippen LogP contribution in [0.25, 0.3) is 0 Å². The Morgan fingerprint density at radius 1 is 1.31 bits per heavy atom. The smallest absolute Gasteiger partial charge is 0.272 e. The van der Waals surface area contributed by atoms with Crippen LogP contribution >= 0.6 is 0 Å². The van der Waals surface area contributed by atoms with E-state index in [1.807, 2.05) is 7.05 Å². The van der Waals surface area contributed by atoms with Crippen LogP contribution < -0.4 is 5.32 Å². The zero-order valence-corrected chi connectivity index (χ0v) is 16.2. The molecule has 5 nitrogen and oxygen atoms in total. The minimum Gasteiger partial charge on any atom is -0.384 e. The number of methoxy groups -OCH3 is 1. The van der Waals surface area contributed by atoms with E-state index in [0.717, 1.165) is 68.9 Å². The van der Waals surface area contributed by atoms with Gasteiger partial charge in [0.15, 0.2) is 0 Å². The molecular weight excluding hydrogens is 338 g/mol. The van der Waals surface area contributed by atoms with E-state index in [0.29, 0.717) is 11.8 Å². The number of aromatic nitrogens is 2. The third-order valence-corrected chi connectivity index (χ3v) is 5.80. The Bertz CT molecular complexity index is 597. The minimum absolute atomic E-state index is 0.159. The number of rotatable bonds is 8. The van der Waals surface area contributed by atoms with Crippen LogP contribution in [-0.4, -0.2) is 61.5 Å². The van der Waals surface area contributed by atoms with Crippen molar-refractivity contribution in [2.75, 3.05) is 40.9 Å². The van der Waals surface area contributed by atoms with Gasteiger partial charge in [0.25, 0.3) is 5.92 Å². The lowest BCUT2D eigenvalue weighted by Crippen LogP contribution is -2.28. The maximum Gasteiger partial charge on any atom is 0.272 e. The molecule has 0 amide bonds. The van der Waals surface area contributed by atoms with Gasteiger partial charge in [-0.3, -0.25) is 9.58 Å². The molecule has 1 aliphatic heterocycles. The number of hydrogen-bond donors (Lipinski definition) is 1. The van der Waals surface area contributed by atoms with Gasteiger partial charge in [-0.1, -0.05) is 0 Å². The number of likely N-dealkylation sites (N-methyl/N-ethyl adjacent to an activating group) is 2. The first kappa shape index (κ1) is 19.7. The maximum atomic E-state index is 13.9. The Hall–Kier alpha value is -1.05. The molecular formula is C19H32F2N4O. The summed E-state index contributed by atoms with van der Waals surface area (Å²) in [6.45, 7) is 3.07. The Kier molecular flexibility index (Phi) is 6.30. The maximum absolute atomic E-state index is 13.9. The monoisotopic (exact) mass is 370 g/mol. The molecule has 0 saturated heterocycles. The molecule has 2 heterocycles. The second-order valence-corrected chi connectivity index (χ2v) is 8.01. The summed E-state index contributed by atoms with van der Waals surface area (Å²) in [4.78, 5) is 2.22. The highest BCUT2D eigenvalue weighted by Gasteiger charge is 2.42. The predicted octanol–water partition coefficient (Wildman–Crippen LogP) is 2.65. The lowest BCUT2D eigenvalue weighted by molar-refractivity contribution is 0.000661. The van der Waals surface area contributed by atoms with Gasteiger partial charge in [0.05, 0.1) is 12.1 Å². The lowest BCUT2D eigenvalue weighted by Gasteiger charge is -2.29. The number of nitrogens with one attached hydrogen (secondary N) is 1. The molecule has 1 saturated carbocycles. The summed E-state index contributed by atoms with van der Waals surface area (Å²) in [5, 5.41) is 7.77. The largest absolute Gasteiger partial charge is 0.384 e. The van der Waals surface area contributed by atoms with E-state index in [4.69, 9.17) is 4.74 Å². The summed E-state index contributed by atoms with van der Waals surface area (Å²) < 4.78 is 34.8. The van der Waals surface area contributed by atoms with Crippen LogP contribution in [0.3, 0.4) is 0 Å². The number of hydrogen-bond acceptors (Lipinski definition) is 4. The summed E-state index contributed by atoms with van der Waals surface area (Å²) in [7, 11) is 5.75. The molecule has 1 aromatic rings. The van der Waals surface area contributed by atoms with Crippen LogP contribution in [0.5, 0.6) is 0 Å². The topological polar surface area (TPSA) is 42.3 Å². The van der Waals surface area contributed by atoms with Crippen molar-refractivity contribution in [1.29, 1.82) is 0 Å². The molecule has 148 valence electrons. The van der Waals surface area contributed by atoms with Crippen molar-refractivity contribution < 1.29 is 13.5 Å². The molecule has 0 aromatic carbocycles. The molecule has 26 heavy (non-hydrogen) atoms. The third kappa shape index (κ3) is 4.43. The molecule has 0 spiro atoms. The van der Waals surface area contributed by atoms with Crippen molar-refractivity contribution in [2.24, 2.45) is 5.92 Å². The van der Waals surface area contributed by atoms with Gasteiger partial charge in [0.1, 0.15) is 6.54 Å². The fraction of sp³-hybridized carbons (Fsp3) is 0.842. The Morgan fingerprint density at radius 3 is 2.69 bits per heavy atom. The average Bonchev–Trinajstić information content (AvgIpc) is 3.05. The molecule has 3 rings (SSSR count). The van der Waals surface area contributed by atoms with E-state index in [1.54, 1.807) is 11.8 Å². The van der Waals surface area contributed by atoms with Crippen molar-refractivity contribution in [3.05, 3.63) is 17.0 Å². The highest BCUT2D eigenvalue weighted by molar-refractivity contribution is 5.34. The summed E-state index contributed by atoms with van der Waals surface area (Å²) in [5.41, 5.74) is 2.90. The molecule has 7 heteroatoms. The molecule has 2 aliphatic rings. The number of ether oxygens (including phenoxy) is 1. The van der Waals surface area contributed by atoms with Gasteiger partial charge in [0.2, 0.25) is 0 Å². The van der Waals surface area contributed by atoms with E-state index < -0.39 is 5.92 Å². The summed E-state index contributed by atoms with van der Waals surface area (Å²) in [6, 6.07) is 0. The van der Waals surface area contributed by atoms with Gasteiger partial charge in [-0.2, -0.15) is 5.10 Å². The number of nitrogens with zero attached hydrogens (tertiary/aromatic N) is 3. The van der Waals surface area contributed by atoms with E-state index in [9.17, 15) is 8.78 Å². The second kappa shape index (κ2) is 8.31. The first-order valence-electron chi connectivity index (χ1n) is 9.72. The third-order valence-electron chi connectivity index (χ3n) is 5.80. The van der Waals surface area contributed by atoms with E-state index in [-0.39, 0.29) is 13.0 Å². The average molecular weight is 370 g/mol. The summed E-state index contributed by atoms with van der Waals surface area (Å²) >= 11 is 0. The fourth-order valence-electron chi connectivity index (χ4n) is 4.48. The fourth-order valence-corrected chi connectivity index (χ4v) is 4.48. The highest BCUT2D eigenvalue weighted by atomic mass is 19.3. The van der Waals surface area contributed by atoms with Gasteiger partial charge in [0, 0.05) is 44.6 Å². The molecule has 0 radical (unpaired) electrons. The van der Waals surface area contributed by atoms with Crippen LogP contribution in [-0.2, 0) is 24.2 Å². The number of alkyl halides is 2. The lowest BCUT2D eigenvalue weighted by atomic mass is 9.78. The molecule has 0 atom stereocenters. The van der Waals surface area contributed by atoms with E-state index in [2.05, 4.69) is 22.4 Å². The Labute approximate surface area is 155 Å². The standard InChI is InChI=1S/C19H32F2N4O/c1-22-8-9-24(2)11-16-18(15-6-4-14(5-7-15)12-26-3)17-10-19(20,21)13-25(17)23-16/h14-15,22H,4-13H2,1-3H3. The van der Waals surface area contributed by atoms with Crippen LogP contribution in [0.15, 0.2) is 0 Å². The van der Waals surface area contributed by atoms with Crippen LogP contribution in [0.2, 0.25) is 0 Å². The van der Waals surface area contributed by atoms with Gasteiger partial charge in [-0.05, 0) is 51.6 Å². The zero-order valence-electron chi connectivity index (χ0n) is 16.2. The normalized spacial score (nSPS) is 25.0. The van der Waals surface area contributed by atoms with Crippen molar-refractivity contribution in [3.8, 4) is 0 Å². The molecule has 1 aliphatic carbocycles. The number of fused-ring (bicyclic) bond motifs is 1. The predicted molar refractivity (Wildman–Crippen MR) is 97.7 cm³/mol. The van der Waals surface area contributed by atoms with Crippen molar-refractivity contribution in [2.45, 2.75) is 57.0 Å². The molecule has 0 bridgehead atoms. The van der Waals surface area contributed by atoms with Crippen molar-refractivity contribution >= 4 is 0 Å². The summed E-state index contributed by atoms with van der Waals surface area (Å²) in [6.07, 6.45) is 4.15. The minimum atomic E-state index is -2.65. The van der Waals surface area contributed by atoms with E-state index in [1.165, 1.54) is 0 Å². The van der Waals surface area contributed by atoms with Crippen LogP contribution in [0.1, 0.15) is 48.6 Å². The SMILES string of the molecule is CNCCN(C)Cc1nn2c(c1C1CCC(COC)CC1)CC(F)(F)C2. The number of halogens is 2. The first-order valence-corrected chi connectivity index (χ1v) is 9.72. The quantitative estimate of drug-likeness (QED) is 0.764. The summed E-state index contributed by atoms with van der Waals surface area (Å²) in [5.74, 6) is -1.70. The highest BCUT2D eigenvalue weighted by Crippen LogP contribution is 2.42. The zero-order chi connectivity index (χ0) is 18.7. The Balaban J connectivity index is 1.78. The van der Waals surface area contributed by atoms with Crippen LogP contribution in [0, 0.1) is 5.92 Å². The molecule has 1 fully saturated rings. The molecule has 1 N–H and O–H groups in total. The van der Waals surface area contributed by atoms with Gasteiger partial charge in [-0.15, -0.1) is 0 Å². The molecule has 0 unspecified atom stereocenters. The van der Waals surface area contributed by atoms with Gasteiger partial charge >= 0.3 is 0 Å². The van der Waals surface area contributed by atoms with Crippen molar-refractivity contribution in [1.82, 2.24) is 20.0 Å². The van der Waals surface area contributed by atoms with Gasteiger partial charge in [-0.25, -0.2) is 8.78 Å². The Morgan fingerprint density at radius 2 is 2.04 bits per heavy atom. The van der Waals surface area contributed by atoms with Gasteiger partial charge < -0.3 is 10.1 Å². The van der Waals surface area contributed by atoms with Crippen LogP contribution in [0.4, 0.5) is 8.78 Å². The first-order chi connectivity index (χ1) is 12.4. The van der Waals surface area contributed by atoms with Crippen molar-refractivity contribution in [3.63, 3.8) is 0 Å².